The summed E-state index contributed by atoms with van der Waals surface area (Å²) in [6.45, 7) is 4.95. The van der Waals surface area contributed by atoms with Gasteiger partial charge < -0.3 is 14.2 Å². The van der Waals surface area contributed by atoms with E-state index in [-0.39, 0.29) is 11.7 Å². The van der Waals surface area contributed by atoms with Gasteiger partial charge in [0.25, 0.3) is 5.91 Å². The zero-order chi connectivity index (χ0) is 25.0. The van der Waals surface area contributed by atoms with Gasteiger partial charge in [0.1, 0.15) is 5.75 Å². The molecule has 0 fully saturated rings. The Labute approximate surface area is 209 Å². The first-order chi connectivity index (χ1) is 17.0. The molecule has 0 saturated carbocycles. The van der Waals surface area contributed by atoms with Crippen LogP contribution in [0.5, 0.6) is 17.2 Å². The zero-order valence-electron chi connectivity index (χ0n) is 19.6. The fraction of sp³-hybridized carbons (Fsp3) is 0.222. The number of nitrogens with zero attached hydrogens (tertiary/aromatic N) is 1. The van der Waals surface area contributed by atoms with Gasteiger partial charge in [0.2, 0.25) is 0 Å². The second-order valence-electron chi connectivity index (χ2n) is 7.46. The maximum Gasteiger partial charge on any atom is 0.343 e. The van der Waals surface area contributed by atoms with Crippen LogP contribution in [0.3, 0.4) is 0 Å². The molecule has 0 heterocycles. The second kappa shape index (κ2) is 13.2. The summed E-state index contributed by atoms with van der Waals surface area (Å²) in [5.74, 6) is 0.495. The molecule has 3 rings (SSSR count). The molecule has 7 nitrogen and oxygen atoms in total. The number of halogens is 1. The van der Waals surface area contributed by atoms with Gasteiger partial charge in [0.05, 0.1) is 25.0 Å². The van der Waals surface area contributed by atoms with Gasteiger partial charge in [-0.25, -0.2) is 10.2 Å². The topological polar surface area (TPSA) is 86.2 Å². The molecule has 0 unspecified atom stereocenters. The van der Waals surface area contributed by atoms with Crippen molar-refractivity contribution in [1.82, 2.24) is 5.43 Å². The summed E-state index contributed by atoms with van der Waals surface area (Å²) in [5, 5.41) is 4.55. The average Bonchev–Trinajstić information content (AvgIpc) is 2.86. The molecule has 1 amide bonds. The van der Waals surface area contributed by atoms with Crippen molar-refractivity contribution in [2.75, 3.05) is 13.2 Å². The van der Waals surface area contributed by atoms with Crippen molar-refractivity contribution in [1.29, 1.82) is 0 Å². The highest BCUT2D eigenvalue weighted by Crippen LogP contribution is 2.29. The molecule has 0 aliphatic rings. The molecule has 0 atom stereocenters. The summed E-state index contributed by atoms with van der Waals surface area (Å²) < 4.78 is 16.7. The predicted molar refractivity (Wildman–Crippen MR) is 136 cm³/mol. The van der Waals surface area contributed by atoms with E-state index in [4.69, 9.17) is 25.8 Å². The van der Waals surface area contributed by atoms with Crippen molar-refractivity contribution in [3.05, 3.63) is 88.4 Å². The van der Waals surface area contributed by atoms with Crippen LogP contribution in [0, 0.1) is 0 Å². The molecule has 35 heavy (non-hydrogen) atoms. The van der Waals surface area contributed by atoms with E-state index < -0.39 is 5.97 Å². The molecule has 0 saturated heterocycles. The van der Waals surface area contributed by atoms with Gasteiger partial charge >= 0.3 is 5.97 Å². The maximum absolute atomic E-state index is 12.4. The highest BCUT2D eigenvalue weighted by atomic mass is 35.5. The highest BCUT2D eigenvalue weighted by Gasteiger charge is 2.13. The van der Waals surface area contributed by atoms with Crippen LogP contribution >= 0.6 is 11.6 Å². The van der Waals surface area contributed by atoms with Crippen LogP contribution in [0.25, 0.3) is 0 Å². The lowest BCUT2D eigenvalue weighted by Gasteiger charge is -2.11. The normalized spacial score (nSPS) is 10.7. The predicted octanol–water partition coefficient (Wildman–Crippen LogP) is 5.90. The Morgan fingerprint density at radius 1 is 0.914 bits per heavy atom. The minimum absolute atomic E-state index is 0.272. The number of nitrogens with one attached hydrogen (secondary N) is 1. The lowest BCUT2D eigenvalue weighted by atomic mass is 10.2. The van der Waals surface area contributed by atoms with Gasteiger partial charge in [-0.1, -0.05) is 24.9 Å². The van der Waals surface area contributed by atoms with Crippen molar-refractivity contribution >= 4 is 29.7 Å². The smallest absolute Gasteiger partial charge is 0.343 e. The number of hydrazone groups is 1. The Kier molecular flexibility index (Phi) is 9.69. The third kappa shape index (κ3) is 7.86. The van der Waals surface area contributed by atoms with E-state index >= 15 is 0 Å². The summed E-state index contributed by atoms with van der Waals surface area (Å²) in [5.41, 5.74) is 3.98. The lowest BCUT2D eigenvalue weighted by Crippen LogP contribution is -2.17. The van der Waals surface area contributed by atoms with Crippen LogP contribution in [0.1, 0.15) is 53.0 Å². The van der Waals surface area contributed by atoms with E-state index in [0.29, 0.717) is 40.7 Å². The highest BCUT2D eigenvalue weighted by molar-refractivity contribution is 6.30. The standard InChI is InChI=1S/C27H27ClN2O5/c1-3-5-16-34-23-13-9-20(10-14-23)26(31)30-29-18-19-6-15-24(25(17-19)33-4-2)35-27(32)21-7-11-22(28)12-8-21/h6-15,17-18H,3-5,16H2,1-2H3,(H,30,31)/b29-18+. The summed E-state index contributed by atoms with van der Waals surface area (Å²) in [7, 11) is 0. The van der Waals surface area contributed by atoms with Crippen LogP contribution in [0.2, 0.25) is 5.02 Å². The fourth-order valence-electron chi connectivity index (χ4n) is 2.97. The van der Waals surface area contributed by atoms with Crippen LogP contribution in [-0.4, -0.2) is 31.3 Å². The Hall–Kier alpha value is -3.84. The molecule has 3 aromatic rings. The van der Waals surface area contributed by atoms with Gasteiger partial charge in [0, 0.05) is 10.6 Å². The SMILES string of the molecule is CCCCOc1ccc(C(=O)N/N=C/c2ccc(OC(=O)c3ccc(Cl)cc3)c(OCC)c2)cc1. The quantitative estimate of drug-likeness (QED) is 0.118. The fourth-order valence-corrected chi connectivity index (χ4v) is 3.10. The summed E-state index contributed by atoms with van der Waals surface area (Å²) in [6.07, 6.45) is 3.52. The van der Waals surface area contributed by atoms with Crippen molar-refractivity contribution in [3.8, 4) is 17.2 Å². The molecule has 8 heteroatoms. The van der Waals surface area contributed by atoms with Crippen LogP contribution in [-0.2, 0) is 0 Å². The summed E-state index contributed by atoms with van der Waals surface area (Å²) in [6, 6.07) is 18.3. The van der Waals surface area contributed by atoms with E-state index in [1.165, 1.54) is 6.21 Å². The van der Waals surface area contributed by atoms with Crippen LogP contribution in [0.15, 0.2) is 71.8 Å². The largest absolute Gasteiger partial charge is 0.494 e. The number of hydrogen-bond acceptors (Lipinski definition) is 6. The second-order valence-corrected chi connectivity index (χ2v) is 7.90. The number of hydrogen-bond donors (Lipinski definition) is 1. The lowest BCUT2D eigenvalue weighted by molar-refractivity contribution is 0.0728. The van der Waals surface area contributed by atoms with E-state index in [1.54, 1.807) is 66.7 Å². The number of esters is 1. The maximum atomic E-state index is 12.4. The Bertz CT molecular complexity index is 1160. The molecule has 182 valence electrons. The number of carbonyl (C=O) groups excluding carboxylic acids is 2. The van der Waals surface area contributed by atoms with Crippen LogP contribution in [0.4, 0.5) is 0 Å². The molecule has 1 N–H and O–H groups in total. The zero-order valence-corrected chi connectivity index (χ0v) is 20.4. The van der Waals surface area contributed by atoms with Crippen molar-refractivity contribution < 1.29 is 23.8 Å². The molecule has 0 spiro atoms. The number of amides is 1. The number of rotatable bonds is 11. The molecule has 0 aromatic heterocycles. The van der Waals surface area contributed by atoms with Gasteiger partial charge in [-0.3, -0.25) is 4.79 Å². The van der Waals surface area contributed by atoms with Gasteiger partial charge in [0.15, 0.2) is 11.5 Å². The minimum atomic E-state index is -0.530. The number of unbranched alkanes of at least 4 members (excludes halogenated alkanes) is 1. The van der Waals surface area contributed by atoms with Gasteiger partial charge in [-0.05, 0) is 85.6 Å². The first kappa shape index (κ1) is 25.8. The van der Waals surface area contributed by atoms with E-state index in [9.17, 15) is 9.59 Å². The summed E-state index contributed by atoms with van der Waals surface area (Å²) in [4.78, 5) is 24.8. The van der Waals surface area contributed by atoms with Crippen molar-refractivity contribution in [2.45, 2.75) is 26.7 Å². The molecule has 0 aliphatic heterocycles. The van der Waals surface area contributed by atoms with Gasteiger partial charge in [-0.15, -0.1) is 0 Å². The first-order valence-corrected chi connectivity index (χ1v) is 11.7. The number of benzene rings is 3. The third-order valence-corrected chi connectivity index (χ3v) is 5.07. The Morgan fingerprint density at radius 3 is 2.31 bits per heavy atom. The molecular formula is C27H27ClN2O5. The molecular weight excluding hydrogens is 468 g/mol. The number of ether oxygens (including phenoxy) is 3. The molecule has 3 aromatic carbocycles. The van der Waals surface area contributed by atoms with E-state index in [1.807, 2.05) is 6.92 Å². The van der Waals surface area contributed by atoms with E-state index in [0.717, 1.165) is 18.6 Å². The van der Waals surface area contributed by atoms with Gasteiger partial charge in [-0.2, -0.15) is 5.10 Å². The average molecular weight is 495 g/mol. The molecule has 0 radical (unpaired) electrons. The number of carbonyl (C=O) groups is 2. The first-order valence-electron chi connectivity index (χ1n) is 11.3. The van der Waals surface area contributed by atoms with Crippen molar-refractivity contribution in [2.24, 2.45) is 5.10 Å². The third-order valence-electron chi connectivity index (χ3n) is 4.81. The Morgan fingerprint density at radius 2 is 1.63 bits per heavy atom. The Balaban J connectivity index is 1.61. The summed E-state index contributed by atoms with van der Waals surface area (Å²) >= 11 is 5.87. The monoisotopic (exact) mass is 494 g/mol. The molecule has 0 bridgehead atoms. The molecule has 0 aliphatic carbocycles. The minimum Gasteiger partial charge on any atom is -0.494 e. The van der Waals surface area contributed by atoms with Crippen LogP contribution < -0.4 is 19.6 Å². The van der Waals surface area contributed by atoms with Crippen molar-refractivity contribution in [3.63, 3.8) is 0 Å². The van der Waals surface area contributed by atoms with E-state index in [2.05, 4.69) is 17.5 Å².